The maximum absolute atomic E-state index is 11.0. The minimum Gasteiger partial charge on any atom is -0.258 e. The molecule has 2 rings (SSSR count). The summed E-state index contributed by atoms with van der Waals surface area (Å²) in [6.07, 6.45) is 3.82. The fourth-order valence-corrected chi connectivity index (χ4v) is 1.88. The zero-order valence-electron chi connectivity index (χ0n) is 9.35. The predicted molar refractivity (Wildman–Crippen MR) is 64.9 cm³/mol. The molecule has 0 unspecified atom stereocenters. The van der Waals surface area contributed by atoms with Gasteiger partial charge in [-0.2, -0.15) is 0 Å². The molecule has 0 atom stereocenters. The van der Waals surface area contributed by atoms with Gasteiger partial charge >= 0.3 is 5.66 Å². The van der Waals surface area contributed by atoms with Crippen molar-refractivity contribution in [3.63, 3.8) is 0 Å². The van der Waals surface area contributed by atoms with Gasteiger partial charge in [-0.15, -0.1) is 0 Å². The largest absolute Gasteiger partial charge is 0.481 e. The molecule has 6 nitrogen and oxygen atoms in total. The topological polar surface area (TPSA) is 86.3 Å². The van der Waals surface area contributed by atoms with Gasteiger partial charge in [0.05, 0.1) is 6.08 Å². The molecular weight excluding hydrogens is 236 g/mol. The number of allylic oxidation sites excluding steroid dienone is 2. The van der Waals surface area contributed by atoms with Gasteiger partial charge in [-0.3, -0.25) is 20.2 Å². The van der Waals surface area contributed by atoms with Crippen LogP contribution in [0.1, 0.15) is 12.0 Å². The number of nitro groups is 2. The van der Waals surface area contributed by atoms with Crippen molar-refractivity contribution in [2.75, 3.05) is 0 Å². The smallest absolute Gasteiger partial charge is 0.258 e. The highest BCUT2D eigenvalue weighted by atomic mass is 16.7. The Balaban J connectivity index is 2.40. The molecule has 0 saturated heterocycles. The summed E-state index contributed by atoms with van der Waals surface area (Å²) < 4.78 is 0. The first-order valence-corrected chi connectivity index (χ1v) is 5.29. The molecule has 0 fully saturated rings. The van der Waals surface area contributed by atoms with E-state index in [1.54, 1.807) is 30.3 Å². The average molecular weight is 246 g/mol. The second kappa shape index (κ2) is 4.40. The molecule has 6 heteroatoms. The van der Waals surface area contributed by atoms with Crippen LogP contribution in [-0.4, -0.2) is 15.5 Å². The van der Waals surface area contributed by atoms with E-state index in [4.69, 9.17) is 0 Å². The second-order valence-electron chi connectivity index (χ2n) is 3.99. The molecule has 1 aromatic rings. The zero-order valence-corrected chi connectivity index (χ0v) is 9.35. The molecule has 0 saturated carbocycles. The molecule has 0 aromatic heterocycles. The van der Waals surface area contributed by atoms with Crippen LogP contribution in [0.15, 0.2) is 48.6 Å². The molecule has 0 spiro atoms. The summed E-state index contributed by atoms with van der Waals surface area (Å²) in [5.74, 6) is 0. The van der Waals surface area contributed by atoms with E-state index in [-0.39, 0.29) is 6.42 Å². The molecular formula is C12H10N2O4. The molecule has 1 aliphatic rings. The monoisotopic (exact) mass is 246 g/mol. The standard InChI is InChI=1S/C12H10N2O4/c15-13(16)12(14(17)18)8-4-7-11(9-12)10-5-2-1-3-6-10/h1-8H,9H2. The van der Waals surface area contributed by atoms with Crippen molar-refractivity contribution in [2.24, 2.45) is 0 Å². The third kappa shape index (κ3) is 1.88. The van der Waals surface area contributed by atoms with E-state index < -0.39 is 15.5 Å². The second-order valence-corrected chi connectivity index (χ2v) is 3.99. The maximum atomic E-state index is 11.0. The van der Waals surface area contributed by atoms with Crippen LogP contribution < -0.4 is 0 Å². The Bertz CT molecular complexity index is 534. The first kappa shape index (κ1) is 12.0. The fourth-order valence-electron chi connectivity index (χ4n) is 1.88. The highest BCUT2D eigenvalue weighted by Gasteiger charge is 2.54. The summed E-state index contributed by atoms with van der Waals surface area (Å²) >= 11 is 0. The number of nitrogens with zero attached hydrogens (tertiary/aromatic N) is 2. The molecule has 0 N–H and O–H groups in total. The van der Waals surface area contributed by atoms with Crippen LogP contribution in [0.3, 0.4) is 0 Å². The van der Waals surface area contributed by atoms with E-state index in [0.29, 0.717) is 5.57 Å². The molecule has 1 aromatic carbocycles. The Labute approximate surface area is 103 Å². The van der Waals surface area contributed by atoms with Crippen LogP contribution >= 0.6 is 0 Å². The van der Waals surface area contributed by atoms with Crippen molar-refractivity contribution in [1.29, 1.82) is 0 Å². The fraction of sp³-hybridized carbons (Fsp3) is 0.167. The molecule has 0 bridgehead atoms. The van der Waals surface area contributed by atoms with Gasteiger partial charge in [0, 0.05) is 0 Å². The molecule has 92 valence electrons. The quantitative estimate of drug-likeness (QED) is 0.465. The van der Waals surface area contributed by atoms with E-state index in [0.717, 1.165) is 11.6 Å². The summed E-state index contributed by atoms with van der Waals surface area (Å²) in [4.78, 5) is 20.3. The van der Waals surface area contributed by atoms with E-state index in [1.165, 1.54) is 6.08 Å². The van der Waals surface area contributed by atoms with Gasteiger partial charge in [0.15, 0.2) is 0 Å². The minimum atomic E-state index is -2.25. The van der Waals surface area contributed by atoms with Crippen molar-refractivity contribution in [2.45, 2.75) is 12.1 Å². The lowest BCUT2D eigenvalue weighted by atomic mass is 9.90. The van der Waals surface area contributed by atoms with Gasteiger partial charge in [0.1, 0.15) is 16.3 Å². The minimum absolute atomic E-state index is 0.243. The Morgan fingerprint density at radius 2 is 1.67 bits per heavy atom. The highest BCUT2D eigenvalue weighted by Crippen LogP contribution is 2.32. The Morgan fingerprint density at radius 1 is 1.06 bits per heavy atom. The Kier molecular flexibility index (Phi) is 2.93. The highest BCUT2D eigenvalue weighted by molar-refractivity contribution is 5.69. The molecule has 0 aliphatic heterocycles. The number of benzene rings is 1. The van der Waals surface area contributed by atoms with Gasteiger partial charge < -0.3 is 0 Å². The Morgan fingerprint density at radius 3 is 2.22 bits per heavy atom. The van der Waals surface area contributed by atoms with Crippen LogP contribution in [-0.2, 0) is 0 Å². The number of hydrogen-bond donors (Lipinski definition) is 0. The Hall–Kier alpha value is -2.50. The number of hydrogen-bond acceptors (Lipinski definition) is 4. The number of rotatable bonds is 3. The molecule has 1 aliphatic carbocycles. The lowest BCUT2D eigenvalue weighted by molar-refractivity contribution is -0.779. The lowest BCUT2D eigenvalue weighted by Crippen LogP contribution is -2.45. The van der Waals surface area contributed by atoms with E-state index in [2.05, 4.69) is 0 Å². The third-order valence-electron chi connectivity index (χ3n) is 2.89. The van der Waals surface area contributed by atoms with E-state index in [9.17, 15) is 20.2 Å². The van der Waals surface area contributed by atoms with E-state index >= 15 is 0 Å². The van der Waals surface area contributed by atoms with Crippen molar-refractivity contribution in [3.05, 3.63) is 74.4 Å². The molecule has 0 radical (unpaired) electrons. The normalized spacial score (nSPS) is 17.0. The van der Waals surface area contributed by atoms with Crippen molar-refractivity contribution >= 4 is 5.57 Å². The van der Waals surface area contributed by atoms with Crippen molar-refractivity contribution in [1.82, 2.24) is 0 Å². The predicted octanol–water partition coefficient (Wildman–Crippen LogP) is 2.28. The molecule has 0 heterocycles. The molecule has 18 heavy (non-hydrogen) atoms. The summed E-state index contributed by atoms with van der Waals surface area (Å²) in [5.41, 5.74) is -0.902. The van der Waals surface area contributed by atoms with Crippen molar-refractivity contribution in [3.8, 4) is 0 Å². The van der Waals surface area contributed by atoms with E-state index in [1.807, 2.05) is 6.07 Å². The van der Waals surface area contributed by atoms with Gasteiger partial charge in [0.2, 0.25) is 0 Å². The van der Waals surface area contributed by atoms with Gasteiger partial charge in [-0.1, -0.05) is 42.5 Å². The average Bonchev–Trinajstić information content (AvgIpc) is 2.39. The summed E-state index contributed by atoms with van der Waals surface area (Å²) in [6.45, 7) is 0. The van der Waals surface area contributed by atoms with Crippen LogP contribution in [0.5, 0.6) is 0 Å². The van der Waals surface area contributed by atoms with Crippen LogP contribution in [0, 0.1) is 20.2 Å². The first-order chi connectivity index (χ1) is 8.56. The summed E-state index contributed by atoms with van der Waals surface area (Å²) in [7, 11) is 0. The van der Waals surface area contributed by atoms with Crippen LogP contribution in [0.25, 0.3) is 5.57 Å². The van der Waals surface area contributed by atoms with Crippen LogP contribution in [0.2, 0.25) is 0 Å². The molecule has 0 amide bonds. The third-order valence-corrected chi connectivity index (χ3v) is 2.89. The van der Waals surface area contributed by atoms with Gasteiger partial charge in [-0.05, 0) is 11.1 Å². The summed E-state index contributed by atoms with van der Waals surface area (Å²) in [6, 6.07) is 8.94. The SMILES string of the molecule is O=[N+]([O-])C1([N+](=O)[O-])C=CC=C(c2ccccc2)C1. The first-order valence-electron chi connectivity index (χ1n) is 5.29. The van der Waals surface area contributed by atoms with Crippen LogP contribution in [0.4, 0.5) is 0 Å². The lowest BCUT2D eigenvalue weighted by Gasteiger charge is -2.18. The van der Waals surface area contributed by atoms with Gasteiger partial charge in [0.25, 0.3) is 0 Å². The maximum Gasteiger partial charge on any atom is 0.481 e. The van der Waals surface area contributed by atoms with Crippen molar-refractivity contribution < 1.29 is 9.85 Å². The van der Waals surface area contributed by atoms with Gasteiger partial charge in [-0.25, -0.2) is 0 Å². The summed E-state index contributed by atoms with van der Waals surface area (Å²) in [5, 5.41) is 22.0. The zero-order chi connectivity index (χ0) is 13.2.